The summed E-state index contributed by atoms with van der Waals surface area (Å²) in [6.07, 6.45) is 0. The molecule has 0 aliphatic carbocycles. The molecule has 0 amide bonds. The van der Waals surface area contributed by atoms with Crippen LogP contribution in [0.2, 0.25) is 5.02 Å². The van der Waals surface area contributed by atoms with Gasteiger partial charge in [-0.25, -0.2) is 0 Å². The van der Waals surface area contributed by atoms with E-state index in [0.717, 1.165) is 10.5 Å². The van der Waals surface area contributed by atoms with Crippen molar-refractivity contribution >= 4 is 29.1 Å². The smallest absolute Gasteiger partial charge is 0.274 e. The normalized spacial score (nSPS) is 12.1. The number of nitrogens with zero attached hydrogens (tertiary/aromatic N) is 1. The molecule has 0 fully saturated rings. The van der Waals surface area contributed by atoms with Crippen LogP contribution in [-0.4, -0.2) is 4.92 Å². The van der Waals surface area contributed by atoms with Crippen LogP contribution in [0.15, 0.2) is 47.4 Å². The maximum Gasteiger partial charge on any atom is 0.274 e. The minimum Gasteiger partial charge on any atom is -0.324 e. The standard InChI is InChI=1S/C15H15ClN2O2S/c1-10(17)11-3-2-4-14(7-11)21-9-12-5-6-13(16)8-15(12)18(19)20/h2-8,10H,9,17H2,1H3. The van der Waals surface area contributed by atoms with Crippen molar-refractivity contribution in [1.29, 1.82) is 0 Å². The predicted molar refractivity (Wildman–Crippen MR) is 86.7 cm³/mol. The van der Waals surface area contributed by atoms with E-state index in [1.54, 1.807) is 12.1 Å². The van der Waals surface area contributed by atoms with Gasteiger partial charge in [0, 0.05) is 33.3 Å². The highest BCUT2D eigenvalue weighted by Crippen LogP contribution is 2.30. The average Bonchev–Trinajstić information content (AvgIpc) is 2.46. The lowest BCUT2D eigenvalue weighted by molar-refractivity contribution is -0.385. The molecule has 2 aromatic carbocycles. The van der Waals surface area contributed by atoms with Crippen molar-refractivity contribution in [3.63, 3.8) is 0 Å². The molecule has 1 unspecified atom stereocenters. The van der Waals surface area contributed by atoms with Gasteiger partial charge in [0.15, 0.2) is 0 Å². The second-order valence-electron chi connectivity index (χ2n) is 4.68. The van der Waals surface area contributed by atoms with E-state index in [9.17, 15) is 10.1 Å². The van der Waals surface area contributed by atoms with Gasteiger partial charge in [-0.3, -0.25) is 10.1 Å². The van der Waals surface area contributed by atoms with Crippen molar-refractivity contribution in [2.45, 2.75) is 23.6 Å². The number of nitro groups is 1. The summed E-state index contributed by atoms with van der Waals surface area (Å²) in [6.45, 7) is 1.92. The number of rotatable bonds is 5. The Morgan fingerprint density at radius 2 is 2.10 bits per heavy atom. The zero-order chi connectivity index (χ0) is 15.4. The van der Waals surface area contributed by atoms with Gasteiger partial charge in [0.2, 0.25) is 0 Å². The van der Waals surface area contributed by atoms with E-state index in [1.807, 2.05) is 31.2 Å². The van der Waals surface area contributed by atoms with Gasteiger partial charge in [-0.05, 0) is 36.8 Å². The molecule has 0 spiro atoms. The van der Waals surface area contributed by atoms with Crippen molar-refractivity contribution in [3.05, 3.63) is 68.7 Å². The van der Waals surface area contributed by atoms with Crippen LogP contribution in [0.1, 0.15) is 24.1 Å². The summed E-state index contributed by atoms with van der Waals surface area (Å²) in [5, 5.41) is 11.4. The van der Waals surface area contributed by atoms with Crippen LogP contribution >= 0.6 is 23.4 Å². The minimum atomic E-state index is -0.403. The number of thioether (sulfide) groups is 1. The first-order chi connectivity index (χ1) is 9.97. The predicted octanol–water partition coefficient (Wildman–Crippen LogP) is 4.56. The third kappa shape index (κ3) is 4.20. The highest BCUT2D eigenvalue weighted by atomic mass is 35.5. The summed E-state index contributed by atoms with van der Waals surface area (Å²) in [5.74, 6) is 0.510. The van der Waals surface area contributed by atoms with Crippen LogP contribution < -0.4 is 5.73 Å². The summed E-state index contributed by atoms with van der Waals surface area (Å²) in [5.41, 5.74) is 7.61. The molecule has 0 radical (unpaired) electrons. The largest absolute Gasteiger partial charge is 0.324 e. The summed E-state index contributed by atoms with van der Waals surface area (Å²) in [6, 6.07) is 12.6. The van der Waals surface area contributed by atoms with E-state index < -0.39 is 4.92 Å². The van der Waals surface area contributed by atoms with Crippen molar-refractivity contribution < 1.29 is 4.92 Å². The van der Waals surface area contributed by atoms with Crippen LogP contribution in [0.5, 0.6) is 0 Å². The fourth-order valence-corrected chi connectivity index (χ4v) is 3.00. The molecule has 0 aliphatic heterocycles. The topological polar surface area (TPSA) is 69.2 Å². The molecule has 0 heterocycles. The fraction of sp³-hybridized carbons (Fsp3) is 0.200. The van der Waals surface area contributed by atoms with Crippen LogP contribution in [0.4, 0.5) is 5.69 Å². The molecule has 6 heteroatoms. The Bertz CT molecular complexity index is 662. The van der Waals surface area contributed by atoms with Crippen LogP contribution in [-0.2, 0) is 5.75 Å². The lowest BCUT2D eigenvalue weighted by atomic mass is 10.1. The van der Waals surface area contributed by atoms with Gasteiger partial charge in [0.05, 0.1) is 4.92 Å². The van der Waals surface area contributed by atoms with E-state index in [2.05, 4.69) is 0 Å². The van der Waals surface area contributed by atoms with E-state index in [4.69, 9.17) is 17.3 Å². The monoisotopic (exact) mass is 322 g/mol. The average molecular weight is 323 g/mol. The first kappa shape index (κ1) is 15.8. The zero-order valence-electron chi connectivity index (χ0n) is 11.5. The minimum absolute atomic E-state index is 0.0320. The molecule has 0 saturated carbocycles. The van der Waals surface area contributed by atoms with Gasteiger partial charge < -0.3 is 5.73 Å². The molecule has 110 valence electrons. The van der Waals surface area contributed by atoms with Gasteiger partial charge in [-0.2, -0.15) is 0 Å². The number of benzene rings is 2. The third-order valence-corrected chi connectivity index (χ3v) is 4.30. The molecule has 0 bridgehead atoms. The Hall–Kier alpha value is -1.56. The highest BCUT2D eigenvalue weighted by Gasteiger charge is 2.14. The Kier molecular flexibility index (Phi) is 5.22. The van der Waals surface area contributed by atoms with Crippen molar-refractivity contribution in [3.8, 4) is 0 Å². The second-order valence-corrected chi connectivity index (χ2v) is 6.17. The van der Waals surface area contributed by atoms with Crippen LogP contribution in [0, 0.1) is 10.1 Å². The van der Waals surface area contributed by atoms with Gasteiger partial charge in [-0.1, -0.05) is 23.7 Å². The molecule has 2 aromatic rings. The van der Waals surface area contributed by atoms with Gasteiger partial charge >= 0.3 is 0 Å². The first-order valence-electron chi connectivity index (χ1n) is 6.38. The Balaban J connectivity index is 2.17. The third-order valence-electron chi connectivity index (χ3n) is 3.02. The van der Waals surface area contributed by atoms with E-state index >= 15 is 0 Å². The van der Waals surface area contributed by atoms with Crippen LogP contribution in [0.3, 0.4) is 0 Å². The highest BCUT2D eigenvalue weighted by molar-refractivity contribution is 7.98. The molecule has 0 saturated heterocycles. The SMILES string of the molecule is CC(N)c1cccc(SCc2ccc(Cl)cc2[N+](=O)[O-])c1. The molecule has 21 heavy (non-hydrogen) atoms. The molecule has 2 N–H and O–H groups in total. The summed E-state index contributed by atoms with van der Waals surface area (Å²) < 4.78 is 0. The lowest BCUT2D eigenvalue weighted by Gasteiger charge is -2.08. The molecule has 4 nitrogen and oxygen atoms in total. The first-order valence-corrected chi connectivity index (χ1v) is 7.75. The van der Waals surface area contributed by atoms with E-state index in [0.29, 0.717) is 16.3 Å². The maximum absolute atomic E-state index is 11.0. The Morgan fingerprint density at radius 1 is 1.33 bits per heavy atom. The number of nitrogens with two attached hydrogens (primary N) is 1. The van der Waals surface area contributed by atoms with E-state index in [-0.39, 0.29) is 11.7 Å². The summed E-state index contributed by atoms with van der Waals surface area (Å²) in [7, 11) is 0. The van der Waals surface area contributed by atoms with Gasteiger partial charge in [0.1, 0.15) is 0 Å². The zero-order valence-corrected chi connectivity index (χ0v) is 13.0. The number of halogens is 1. The summed E-state index contributed by atoms with van der Waals surface area (Å²) >= 11 is 7.35. The Labute approximate surface area is 132 Å². The number of hydrogen-bond donors (Lipinski definition) is 1. The Morgan fingerprint density at radius 3 is 2.76 bits per heavy atom. The molecular weight excluding hydrogens is 308 g/mol. The second kappa shape index (κ2) is 6.93. The van der Waals surface area contributed by atoms with Gasteiger partial charge in [-0.15, -0.1) is 11.8 Å². The van der Waals surface area contributed by atoms with Crippen LogP contribution in [0.25, 0.3) is 0 Å². The molecule has 0 aliphatic rings. The van der Waals surface area contributed by atoms with Crippen molar-refractivity contribution in [1.82, 2.24) is 0 Å². The summed E-state index contributed by atoms with van der Waals surface area (Å²) in [4.78, 5) is 11.7. The molecule has 1 atom stereocenters. The van der Waals surface area contributed by atoms with E-state index in [1.165, 1.54) is 17.8 Å². The fourth-order valence-electron chi connectivity index (χ4n) is 1.88. The lowest BCUT2D eigenvalue weighted by Crippen LogP contribution is -2.04. The van der Waals surface area contributed by atoms with Gasteiger partial charge in [0.25, 0.3) is 5.69 Å². The maximum atomic E-state index is 11.0. The number of nitro benzene ring substituents is 1. The number of hydrogen-bond acceptors (Lipinski definition) is 4. The van der Waals surface area contributed by atoms with Crippen molar-refractivity contribution in [2.75, 3.05) is 0 Å². The molecular formula is C15H15ClN2O2S. The molecule has 0 aromatic heterocycles. The quantitative estimate of drug-likeness (QED) is 0.497. The van der Waals surface area contributed by atoms with Crippen molar-refractivity contribution in [2.24, 2.45) is 5.73 Å². The molecule has 2 rings (SSSR count).